The normalized spacial score (nSPS) is 19.2. The number of H-pyrrole nitrogens is 1. The van der Waals surface area contributed by atoms with Crippen molar-refractivity contribution in [2.45, 2.75) is 38.6 Å². The third-order valence-electron chi connectivity index (χ3n) is 3.99. The molecule has 90 valence electrons. The second kappa shape index (κ2) is 3.88. The molecule has 0 saturated carbocycles. The van der Waals surface area contributed by atoms with Gasteiger partial charge in [0.15, 0.2) is 0 Å². The number of benzene rings is 1. The fraction of sp³-hybridized carbons (Fsp3) is 0.467. The van der Waals surface area contributed by atoms with Crippen molar-refractivity contribution >= 4 is 10.9 Å². The predicted octanol–water partition coefficient (Wildman–Crippen LogP) is 2.98. The highest BCUT2D eigenvalue weighted by Gasteiger charge is 2.24. The van der Waals surface area contributed by atoms with E-state index in [0.29, 0.717) is 12.0 Å². The Kier molecular flexibility index (Phi) is 2.48. The van der Waals surface area contributed by atoms with E-state index in [9.17, 15) is 0 Å². The van der Waals surface area contributed by atoms with Gasteiger partial charge in [0.2, 0.25) is 0 Å². The minimum Gasteiger partial charge on any atom is -0.358 e. The van der Waals surface area contributed by atoms with Crippen molar-refractivity contribution in [1.82, 2.24) is 10.3 Å². The van der Waals surface area contributed by atoms with Crippen LogP contribution in [0.3, 0.4) is 0 Å². The number of likely N-dealkylation sites (N-methyl/N-ethyl adjacent to an activating group) is 1. The molecule has 0 saturated heterocycles. The summed E-state index contributed by atoms with van der Waals surface area (Å²) in [5.74, 6) is 0.603. The first-order valence-corrected chi connectivity index (χ1v) is 6.49. The van der Waals surface area contributed by atoms with E-state index in [-0.39, 0.29) is 0 Å². The third-order valence-corrected chi connectivity index (χ3v) is 3.99. The maximum Gasteiger partial charge on any atom is 0.0459 e. The summed E-state index contributed by atoms with van der Waals surface area (Å²) >= 11 is 0. The number of rotatable bonds is 2. The fourth-order valence-corrected chi connectivity index (χ4v) is 2.86. The molecule has 2 N–H and O–H groups in total. The van der Waals surface area contributed by atoms with E-state index >= 15 is 0 Å². The Morgan fingerprint density at radius 1 is 1.29 bits per heavy atom. The van der Waals surface area contributed by atoms with Crippen LogP contribution >= 0.6 is 0 Å². The Labute approximate surface area is 102 Å². The lowest BCUT2D eigenvalue weighted by atomic mass is 10.00. The first kappa shape index (κ1) is 10.8. The lowest BCUT2D eigenvalue weighted by Crippen LogP contribution is -2.25. The Morgan fingerprint density at radius 3 is 2.82 bits per heavy atom. The highest BCUT2D eigenvalue weighted by Crippen LogP contribution is 2.31. The van der Waals surface area contributed by atoms with Gasteiger partial charge in [0, 0.05) is 29.1 Å². The Balaban J connectivity index is 2.11. The van der Waals surface area contributed by atoms with Crippen molar-refractivity contribution in [2.24, 2.45) is 0 Å². The molecule has 0 bridgehead atoms. The molecule has 0 fully saturated rings. The molecule has 1 heterocycles. The zero-order valence-corrected chi connectivity index (χ0v) is 10.8. The van der Waals surface area contributed by atoms with Gasteiger partial charge in [-0.15, -0.1) is 0 Å². The highest BCUT2D eigenvalue weighted by atomic mass is 14.9. The summed E-state index contributed by atoms with van der Waals surface area (Å²) in [5, 5.41) is 4.81. The van der Waals surface area contributed by atoms with Crippen LogP contribution < -0.4 is 5.32 Å². The van der Waals surface area contributed by atoms with Gasteiger partial charge >= 0.3 is 0 Å². The van der Waals surface area contributed by atoms with Crippen molar-refractivity contribution in [1.29, 1.82) is 0 Å². The SMILES string of the molecule is CNC1Cc2[nH]c3ccc(C(C)C)cc3c2C1. The average Bonchev–Trinajstić information content (AvgIpc) is 2.84. The summed E-state index contributed by atoms with van der Waals surface area (Å²) in [6.07, 6.45) is 2.30. The van der Waals surface area contributed by atoms with Crippen LogP contribution in [0, 0.1) is 0 Å². The van der Waals surface area contributed by atoms with Crippen LogP contribution in [0.25, 0.3) is 10.9 Å². The lowest BCUT2D eigenvalue weighted by Gasteiger charge is -2.08. The van der Waals surface area contributed by atoms with Gasteiger partial charge in [-0.25, -0.2) is 0 Å². The van der Waals surface area contributed by atoms with Gasteiger partial charge < -0.3 is 10.3 Å². The van der Waals surface area contributed by atoms with E-state index in [1.807, 2.05) is 0 Å². The summed E-state index contributed by atoms with van der Waals surface area (Å²) in [6, 6.07) is 7.46. The van der Waals surface area contributed by atoms with Crippen LogP contribution in [0.2, 0.25) is 0 Å². The van der Waals surface area contributed by atoms with Crippen LogP contribution in [-0.4, -0.2) is 18.1 Å². The summed E-state index contributed by atoms with van der Waals surface area (Å²) in [6.45, 7) is 4.51. The Bertz CT molecular complexity index is 551. The molecule has 2 nitrogen and oxygen atoms in total. The van der Waals surface area contributed by atoms with Gasteiger partial charge in [0.05, 0.1) is 0 Å². The summed E-state index contributed by atoms with van der Waals surface area (Å²) in [4.78, 5) is 3.57. The van der Waals surface area contributed by atoms with Crippen molar-refractivity contribution < 1.29 is 0 Å². The second-order valence-corrected chi connectivity index (χ2v) is 5.44. The largest absolute Gasteiger partial charge is 0.358 e. The van der Waals surface area contributed by atoms with Crippen molar-refractivity contribution in [3.05, 3.63) is 35.0 Å². The van der Waals surface area contributed by atoms with Gasteiger partial charge in [-0.3, -0.25) is 0 Å². The number of aromatic amines is 1. The first-order chi connectivity index (χ1) is 8.19. The molecule has 1 aliphatic rings. The minimum absolute atomic E-state index is 0.603. The molecule has 1 aromatic carbocycles. The zero-order valence-electron chi connectivity index (χ0n) is 10.8. The highest BCUT2D eigenvalue weighted by molar-refractivity contribution is 5.86. The molecule has 1 aromatic heterocycles. The molecule has 0 aliphatic heterocycles. The van der Waals surface area contributed by atoms with Gasteiger partial charge in [-0.1, -0.05) is 19.9 Å². The van der Waals surface area contributed by atoms with Gasteiger partial charge in [-0.05, 0) is 42.6 Å². The quantitative estimate of drug-likeness (QED) is 0.812. The molecule has 2 heteroatoms. The molecule has 0 amide bonds. The maximum absolute atomic E-state index is 3.57. The number of nitrogens with one attached hydrogen (secondary N) is 2. The number of hydrogen-bond acceptors (Lipinski definition) is 1. The van der Waals surface area contributed by atoms with E-state index in [0.717, 1.165) is 12.8 Å². The number of fused-ring (bicyclic) bond motifs is 3. The smallest absolute Gasteiger partial charge is 0.0459 e. The predicted molar refractivity (Wildman–Crippen MR) is 72.6 cm³/mol. The van der Waals surface area contributed by atoms with E-state index in [4.69, 9.17) is 0 Å². The molecule has 17 heavy (non-hydrogen) atoms. The molecule has 2 aromatic rings. The molecule has 3 rings (SSSR count). The van der Waals surface area contributed by atoms with Crippen LogP contribution in [-0.2, 0) is 12.8 Å². The van der Waals surface area contributed by atoms with Crippen molar-refractivity contribution in [3.8, 4) is 0 Å². The minimum atomic E-state index is 0.603. The van der Waals surface area contributed by atoms with Crippen molar-refractivity contribution in [3.63, 3.8) is 0 Å². The van der Waals surface area contributed by atoms with E-state index in [1.165, 1.54) is 27.7 Å². The summed E-state index contributed by atoms with van der Waals surface area (Å²) in [7, 11) is 2.05. The molecule has 1 atom stereocenters. The lowest BCUT2D eigenvalue weighted by molar-refractivity contribution is 0.591. The fourth-order valence-electron chi connectivity index (χ4n) is 2.86. The standard InChI is InChI=1S/C15H20N2/c1-9(2)10-4-5-14-12(6-10)13-7-11(16-3)8-15(13)17-14/h4-6,9,11,16-17H,7-8H2,1-3H3. The van der Waals surface area contributed by atoms with Gasteiger partial charge in [0.1, 0.15) is 0 Å². The molecule has 0 spiro atoms. The summed E-state index contributed by atoms with van der Waals surface area (Å²) in [5.41, 5.74) is 5.70. The first-order valence-electron chi connectivity index (χ1n) is 6.49. The second-order valence-electron chi connectivity index (χ2n) is 5.44. The number of hydrogen-bond donors (Lipinski definition) is 2. The Hall–Kier alpha value is -1.28. The van der Waals surface area contributed by atoms with E-state index < -0.39 is 0 Å². The van der Waals surface area contributed by atoms with Gasteiger partial charge in [0.25, 0.3) is 0 Å². The average molecular weight is 228 g/mol. The van der Waals surface area contributed by atoms with Crippen LogP contribution in [0.5, 0.6) is 0 Å². The molecule has 1 unspecified atom stereocenters. The van der Waals surface area contributed by atoms with E-state index in [2.05, 4.69) is 49.4 Å². The summed E-state index contributed by atoms with van der Waals surface area (Å²) < 4.78 is 0. The molecular formula is C15H20N2. The van der Waals surface area contributed by atoms with Crippen LogP contribution in [0.15, 0.2) is 18.2 Å². The topological polar surface area (TPSA) is 27.8 Å². The molecule has 0 radical (unpaired) electrons. The number of aromatic nitrogens is 1. The van der Waals surface area contributed by atoms with Gasteiger partial charge in [-0.2, -0.15) is 0 Å². The maximum atomic E-state index is 3.57. The van der Waals surface area contributed by atoms with Crippen LogP contribution in [0.1, 0.15) is 36.6 Å². The van der Waals surface area contributed by atoms with Crippen LogP contribution in [0.4, 0.5) is 0 Å². The Morgan fingerprint density at radius 2 is 2.12 bits per heavy atom. The molecular weight excluding hydrogens is 208 g/mol. The molecule has 1 aliphatic carbocycles. The van der Waals surface area contributed by atoms with Crippen molar-refractivity contribution in [2.75, 3.05) is 7.05 Å². The van der Waals surface area contributed by atoms with E-state index in [1.54, 1.807) is 0 Å². The monoisotopic (exact) mass is 228 g/mol. The third kappa shape index (κ3) is 1.67. The zero-order chi connectivity index (χ0) is 12.0.